The van der Waals surface area contributed by atoms with E-state index in [9.17, 15) is 5.11 Å². The van der Waals surface area contributed by atoms with Crippen LogP contribution in [0.2, 0.25) is 0 Å². The van der Waals surface area contributed by atoms with Gasteiger partial charge in [-0.1, -0.05) is 30.3 Å². The summed E-state index contributed by atoms with van der Waals surface area (Å²) in [5.41, 5.74) is 1.88. The van der Waals surface area contributed by atoms with Crippen LogP contribution in [0.15, 0.2) is 42.9 Å². The average Bonchev–Trinajstić information content (AvgIpc) is 3.11. The first-order valence-corrected chi connectivity index (χ1v) is 8.33. The Morgan fingerprint density at radius 3 is 2.92 bits per heavy atom. The standard InChI is InChI=1S/C18H21N5O/c24-12-18(9-14-5-2-1-3-6-14)7-4-8-23(11-18)17-15-10-21-22-16(15)19-13-20-17/h1-3,5-6,10,13,24H,4,7-9,11-12H2,(H,19,20,21,22). The molecule has 1 unspecified atom stereocenters. The van der Waals surface area contributed by atoms with Crippen LogP contribution in [0.4, 0.5) is 5.82 Å². The zero-order valence-corrected chi connectivity index (χ0v) is 13.5. The minimum Gasteiger partial charge on any atom is -0.396 e. The van der Waals surface area contributed by atoms with Crippen LogP contribution in [-0.4, -0.2) is 45.0 Å². The van der Waals surface area contributed by atoms with Crippen molar-refractivity contribution in [2.24, 2.45) is 5.41 Å². The normalized spacial score (nSPS) is 21.3. The highest BCUT2D eigenvalue weighted by atomic mass is 16.3. The van der Waals surface area contributed by atoms with E-state index in [4.69, 9.17) is 0 Å². The van der Waals surface area contributed by atoms with Crippen LogP contribution in [0.3, 0.4) is 0 Å². The van der Waals surface area contributed by atoms with E-state index in [1.165, 1.54) is 5.56 Å². The predicted octanol–water partition coefficient (Wildman–Crippen LogP) is 2.17. The number of aliphatic hydroxyl groups excluding tert-OH is 1. The molecule has 1 aliphatic heterocycles. The fourth-order valence-corrected chi connectivity index (χ4v) is 3.75. The molecule has 0 aliphatic carbocycles. The molecule has 3 heterocycles. The molecule has 24 heavy (non-hydrogen) atoms. The molecule has 0 radical (unpaired) electrons. The lowest BCUT2D eigenvalue weighted by Crippen LogP contribution is -2.47. The van der Waals surface area contributed by atoms with Crippen LogP contribution in [0, 0.1) is 5.41 Å². The number of benzene rings is 1. The quantitative estimate of drug-likeness (QED) is 0.769. The van der Waals surface area contributed by atoms with Crippen molar-refractivity contribution in [3.8, 4) is 0 Å². The van der Waals surface area contributed by atoms with E-state index in [2.05, 4.69) is 49.3 Å². The van der Waals surface area contributed by atoms with Gasteiger partial charge in [-0.3, -0.25) is 5.10 Å². The van der Waals surface area contributed by atoms with Crippen LogP contribution in [0.5, 0.6) is 0 Å². The number of rotatable bonds is 4. The third-order valence-electron chi connectivity index (χ3n) is 4.95. The Hall–Kier alpha value is -2.47. The van der Waals surface area contributed by atoms with Gasteiger partial charge in [0.2, 0.25) is 0 Å². The Morgan fingerprint density at radius 2 is 2.08 bits per heavy atom. The number of hydrogen-bond acceptors (Lipinski definition) is 5. The number of aliphatic hydroxyl groups is 1. The zero-order chi connectivity index (χ0) is 16.4. The monoisotopic (exact) mass is 323 g/mol. The van der Waals surface area contributed by atoms with Gasteiger partial charge in [0, 0.05) is 18.5 Å². The number of aromatic nitrogens is 4. The van der Waals surface area contributed by atoms with E-state index in [-0.39, 0.29) is 12.0 Å². The maximum atomic E-state index is 10.2. The van der Waals surface area contributed by atoms with Gasteiger partial charge in [0.1, 0.15) is 12.1 Å². The van der Waals surface area contributed by atoms with E-state index in [1.54, 1.807) is 12.5 Å². The molecule has 1 atom stereocenters. The molecular formula is C18H21N5O. The summed E-state index contributed by atoms with van der Waals surface area (Å²) in [6.07, 6.45) is 6.28. The first-order chi connectivity index (χ1) is 11.8. The molecule has 1 fully saturated rings. The summed E-state index contributed by atoms with van der Waals surface area (Å²) in [5.74, 6) is 0.902. The molecule has 124 valence electrons. The second kappa shape index (κ2) is 6.20. The van der Waals surface area contributed by atoms with Crippen LogP contribution in [-0.2, 0) is 6.42 Å². The smallest absolute Gasteiger partial charge is 0.160 e. The minimum atomic E-state index is -0.138. The van der Waals surface area contributed by atoms with E-state index in [1.807, 2.05) is 6.07 Å². The van der Waals surface area contributed by atoms with Crippen molar-refractivity contribution < 1.29 is 5.11 Å². The number of nitrogens with zero attached hydrogens (tertiary/aromatic N) is 4. The summed E-state index contributed by atoms with van der Waals surface area (Å²) in [6.45, 7) is 1.90. The topological polar surface area (TPSA) is 77.9 Å². The van der Waals surface area contributed by atoms with Crippen molar-refractivity contribution in [3.63, 3.8) is 0 Å². The second-order valence-electron chi connectivity index (χ2n) is 6.68. The fourth-order valence-electron chi connectivity index (χ4n) is 3.75. The second-order valence-corrected chi connectivity index (χ2v) is 6.68. The molecule has 3 aromatic rings. The molecule has 1 aromatic carbocycles. The van der Waals surface area contributed by atoms with Crippen molar-refractivity contribution in [2.75, 3.05) is 24.6 Å². The third-order valence-corrected chi connectivity index (χ3v) is 4.95. The van der Waals surface area contributed by atoms with Crippen molar-refractivity contribution in [3.05, 3.63) is 48.4 Å². The summed E-state index contributed by atoms with van der Waals surface area (Å²) in [6, 6.07) is 10.4. The summed E-state index contributed by atoms with van der Waals surface area (Å²) in [7, 11) is 0. The van der Waals surface area contributed by atoms with Gasteiger partial charge < -0.3 is 10.0 Å². The molecular weight excluding hydrogens is 302 g/mol. The van der Waals surface area contributed by atoms with E-state index in [0.717, 1.165) is 49.2 Å². The zero-order valence-electron chi connectivity index (χ0n) is 13.5. The number of H-pyrrole nitrogens is 1. The molecule has 6 nitrogen and oxygen atoms in total. The minimum absolute atomic E-state index is 0.138. The molecule has 0 amide bonds. The molecule has 1 saturated heterocycles. The molecule has 2 N–H and O–H groups in total. The van der Waals surface area contributed by atoms with Gasteiger partial charge in [0.15, 0.2) is 5.65 Å². The third kappa shape index (κ3) is 2.73. The van der Waals surface area contributed by atoms with Crippen LogP contribution >= 0.6 is 0 Å². The first-order valence-electron chi connectivity index (χ1n) is 8.33. The van der Waals surface area contributed by atoms with E-state index in [0.29, 0.717) is 0 Å². The van der Waals surface area contributed by atoms with Gasteiger partial charge in [0.05, 0.1) is 18.2 Å². The molecule has 0 spiro atoms. The molecule has 4 rings (SSSR count). The average molecular weight is 323 g/mol. The van der Waals surface area contributed by atoms with Crippen LogP contribution < -0.4 is 4.90 Å². The van der Waals surface area contributed by atoms with Crippen LogP contribution in [0.25, 0.3) is 11.0 Å². The maximum Gasteiger partial charge on any atom is 0.160 e. The molecule has 6 heteroatoms. The highest BCUT2D eigenvalue weighted by molar-refractivity contribution is 5.86. The number of anilines is 1. The highest BCUT2D eigenvalue weighted by Crippen LogP contribution is 2.36. The Balaban J connectivity index is 1.63. The van der Waals surface area contributed by atoms with Crippen molar-refractivity contribution in [1.29, 1.82) is 0 Å². The molecule has 1 aliphatic rings. The molecule has 0 saturated carbocycles. The van der Waals surface area contributed by atoms with Crippen molar-refractivity contribution >= 4 is 16.9 Å². The van der Waals surface area contributed by atoms with Gasteiger partial charge in [-0.05, 0) is 24.8 Å². The Bertz CT molecular complexity index is 818. The first kappa shape index (κ1) is 15.1. The largest absolute Gasteiger partial charge is 0.396 e. The number of piperidine rings is 1. The Labute approximate surface area is 140 Å². The lowest BCUT2D eigenvalue weighted by Gasteiger charge is -2.42. The maximum absolute atomic E-state index is 10.2. The van der Waals surface area contributed by atoms with Gasteiger partial charge in [-0.25, -0.2) is 9.97 Å². The Morgan fingerprint density at radius 1 is 1.21 bits per heavy atom. The van der Waals surface area contributed by atoms with Crippen LogP contribution in [0.1, 0.15) is 18.4 Å². The van der Waals surface area contributed by atoms with Gasteiger partial charge in [-0.15, -0.1) is 0 Å². The van der Waals surface area contributed by atoms with Crippen molar-refractivity contribution in [1.82, 2.24) is 20.2 Å². The number of hydrogen-bond donors (Lipinski definition) is 2. The van der Waals surface area contributed by atoms with E-state index >= 15 is 0 Å². The van der Waals surface area contributed by atoms with Gasteiger partial charge in [-0.2, -0.15) is 5.10 Å². The van der Waals surface area contributed by atoms with Crippen molar-refractivity contribution in [2.45, 2.75) is 19.3 Å². The fraction of sp³-hybridized carbons (Fsp3) is 0.389. The number of nitrogens with one attached hydrogen (secondary N) is 1. The lowest BCUT2D eigenvalue weighted by molar-refractivity contribution is 0.105. The van der Waals surface area contributed by atoms with Gasteiger partial charge in [0.25, 0.3) is 0 Å². The summed E-state index contributed by atoms with van der Waals surface area (Å²) >= 11 is 0. The highest BCUT2D eigenvalue weighted by Gasteiger charge is 2.36. The molecule has 0 bridgehead atoms. The number of fused-ring (bicyclic) bond motifs is 1. The van der Waals surface area contributed by atoms with Gasteiger partial charge >= 0.3 is 0 Å². The Kier molecular flexibility index (Phi) is 3.90. The molecule has 2 aromatic heterocycles. The SMILES string of the molecule is OCC1(Cc2ccccc2)CCCN(c2ncnc3[nH]ncc23)C1. The lowest BCUT2D eigenvalue weighted by atomic mass is 9.75. The summed E-state index contributed by atoms with van der Waals surface area (Å²) in [5, 5.41) is 18.1. The van der Waals surface area contributed by atoms with E-state index < -0.39 is 0 Å². The summed E-state index contributed by atoms with van der Waals surface area (Å²) < 4.78 is 0. The predicted molar refractivity (Wildman–Crippen MR) is 92.8 cm³/mol. The number of aromatic amines is 1. The summed E-state index contributed by atoms with van der Waals surface area (Å²) in [4.78, 5) is 11.0.